The summed E-state index contributed by atoms with van der Waals surface area (Å²) in [5, 5.41) is 0. The smallest absolute Gasteiger partial charge is 0.0324 e. The highest BCUT2D eigenvalue weighted by atomic mass is 14.5. The van der Waals surface area contributed by atoms with Gasteiger partial charge in [-0.3, -0.25) is 0 Å². The third-order valence-corrected chi connectivity index (χ3v) is 8.21. The van der Waals surface area contributed by atoms with Crippen LogP contribution in [0.5, 0.6) is 0 Å². The van der Waals surface area contributed by atoms with Gasteiger partial charge < -0.3 is 0 Å². The van der Waals surface area contributed by atoms with E-state index in [0.29, 0.717) is 17.8 Å². The number of hydrogen-bond donors (Lipinski definition) is 0. The van der Waals surface area contributed by atoms with Gasteiger partial charge in [-0.25, -0.2) is 0 Å². The van der Waals surface area contributed by atoms with Crippen molar-refractivity contribution in [2.75, 3.05) is 0 Å². The summed E-state index contributed by atoms with van der Waals surface area (Å²) in [6.45, 7) is 2.35. The molecule has 0 amide bonds. The van der Waals surface area contributed by atoms with Gasteiger partial charge in [0.15, 0.2) is 0 Å². The maximum Gasteiger partial charge on any atom is 0.0324 e. The largest absolute Gasteiger partial charge is 0.0620 e. The Kier molecular flexibility index (Phi) is 2.23. The molecular weight excluding hydrogens is 336 g/mol. The van der Waals surface area contributed by atoms with Crippen LogP contribution in [-0.2, 0) is 0 Å². The van der Waals surface area contributed by atoms with Crippen molar-refractivity contribution in [3.8, 4) is 0 Å². The molecule has 0 fully saturated rings. The van der Waals surface area contributed by atoms with Crippen molar-refractivity contribution >= 4 is 5.57 Å². The molecule has 0 saturated heterocycles. The number of fused-ring (bicyclic) bond motifs is 3. The standard InChI is InChI=1S/C28H20/c1-14-23-12-15-7-9-22-25(14)27(28(23)26(15)22)16-6-8-20-19-10-11-21(24(20)13-16)18-5-3-2-4-17(18)19/h2-9,12-13,19,21,25H,10-11H2,1H3. The zero-order chi connectivity index (χ0) is 18.1. The molecule has 0 saturated carbocycles. The lowest BCUT2D eigenvalue weighted by Crippen LogP contribution is -2.24. The minimum atomic E-state index is 0.499. The summed E-state index contributed by atoms with van der Waals surface area (Å²) >= 11 is 0. The maximum absolute atomic E-state index is 2.57. The Bertz CT molecular complexity index is 1320. The molecule has 7 aliphatic carbocycles. The van der Waals surface area contributed by atoms with Gasteiger partial charge in [-0.15, -0.1) is 0 Å². The Balaban J connectivity index is 1.32. The fourth-order valence-electron chi connectivity index (χ4n) is 7.13. The molecule has 0 aromatic heterocycles. The molecule has 2 aromatic rings. The molecule has 0 N–H and O–H groups in total. The maximum atomic E-state index is 2.57. The van der Waals surface area contributed by atoms with E-state index < -0.39 is 0 Å². The van der Waals surface area contributed by atoms with Crippen molar-refractivity contribution in [1.29, 1.82) is 0 Å². The Morgan fingerprint density at radius 3 is 2.36 bits per heavy atom. The predicted molar refractivity (Wildman–Crippen MR) is 113 cm³/mol. The first-order valence-electron chi connectivity index (χ1n) is 10.6. The highest BCUT2D eigenvalue weighted by molar-refractivity contribution is 6.00. The van der Waals surface area contributed by atoms with Gasteiger partial charge in [0.1, 0.15) is 0 Å². The van der Waals surface area contributed by atoms with Crippen LogP contribution in [0, 0.1) is 5.92 Å². The quantitative estimate of drug-likeness (QED) is 0.541. The molecule has 0 heterocycles. The van der Waals surface area contributed by atoms with Gasteiger partial charge in [-0.1, -0.05) is 60.2 Å². The zero-order valence-electron chi connectivity index (χ0n) is 15.9. The third-order valence-electron chi connectivity index (χ3n) is 8.21. The minimum absolute atomic E-state index is 0.499. The topological polar surface area (TPSA) is 0 Å². The van der Waals surface area contributed by atoms with E-state index in [9.17, 15) is 0 Å². The summed E-state index contributed by atoms with van der Waals surface area (Å²) in [6.07, 6.45) is 9.72. The van der Waals surface area contributed by atoms with Crippen molar-refractivity contribution in [1.82, 2.24) is 0 Å². The van der Waals surface area contributed by atoms with Crippen molar-refractivity contribution in [3.63, 3.8) is 0 Å². The molecule has 0 heteroatoms. The van der Waals surface area contributed by atoms with Crippen LogP contribution in [0.2, 0.25) is 0 Å². The van der Waals surface area contributed by atoms with Crippen LogP contribution in [0.3, 0.4) is 0 Å². The zero-order valence-corrected chi connectivity index (χ0v) is 15.9. The van der Waals surface area contributed by atoms with E-state index in [1.54, 1.807) is 50.1 Å². The number of hydrogen-bond acceptors (Lipinski definition) is 0. The Labute approximate surface area is 165 Å². The molecule has 9 rings (SSSR count). The van der Waals surface area contributed by atoms with Crippen LogP contribution in [0.4, 0.5) is 0 Å². The van der Waals surface area contributed by atoms with Gasteiger partial charge in [-0.2, -0.15) is 0 Å². The molecular formula is C28H20. The van der Waals surface area contributed by atoms with Crippen LogP contribution >= 0.6 is 0 Å². The molecule has 7 aliphatic rings. The highest BCUT2D eigenvalue weighted by Crippen LogP contribution is 2.63. The molecule has 0 spiro atoms. The van der Waals surface area contributed by atoms with E-state index in [-0.39, 0.29) is 0 Å². The number of benzene rings is 2. The monoisotopic (exact) mass is 356 g/mol. The second-order valence-corrected chi connectivity index (χ2v) is 9.24. The molecule has 0 aliphatic heterocycles. The second-order valence-electron chi connectivity index (χ2n) is 9.24. The first kappa shape index (κ1) is 14.2. The summed E-state index contributed by atoms with van der Waals surface area (Å²) in [6, 6.07) is 16.6. The Hall–Kier alpha value is -2.86. The second kappa shape index (κ2) is 4.41. The first-order chi connectivity index (χ1) is 13.8. The number of rotatable bonds is 1. The van der Waals surface area contributed by atoms with Crippen LogP contribution in [0.25, 0.3) is 5.57 Å². The molecule has 28 heavy (non-hydrogen) atoms. The molecule has 2 aromatic carbocycles. The molecule has 132 valence electrons. The van der Waals surface area contributed by atoms with Crippen LogP contribution in [0.15, 0.2) is 94.1 Å². The summed E-state index contributed by atoms with van der Waals surface area (Å²) in [5.41, 5.74) is 18.6. The fraction of sp³-hybridized carbons (Fsp3) is 0.214. The van der Waals surface area contributed by atoms with Gasteiger partial charge in [0.25, 0.3) is 0 Å². The van der Waals surface area contributed by atoms with Crippen LogP contribution in [-0.4, -0.2) is 0 Å². The van der Waals surface area contributed by atoms with Gasteiger partial charge >= 0.3 is 0 Å². The number of allylic oxidation sites excluding steroid dienone is 10. The van der Waals surface area contributed by atoms with Crippen molar-refractivity contribution in [2.45, 2.75) is 31.6 Å². The van der Waals surface area contributed by atoms with Gasteiger partial charge in [0, 0.05) is 17.8 Å². The van der Waals surface area contributed by atoms with E-state index in [2.05, 4.69) is 67.6 Å². The van der Waals surface area contributed by atoms with E-state index in [0.717, 1.165) is 0 Å². The SMILES string of the molecule is CC1=C2C=C3C=CC4=C3C2=C(c2ccc3c(c2)C2CCC3c3ccccc32)C14. The summed E-state index contributed by atoms with van der Waals surface area (Å²) < 4.78 is 0. The van der Waals surface area contributed by atoms with Crippen LogP contribution < -0.4 is 0 Å². The summed E-state index contributed by atoms with van der Waals surface area (Å²) in [4.78, 5) is 0. The average Bonchev–Trinajstić information content (AvgIpc) is 3.44. The summed E-state index contributed by atoms with van der Waals surface area (Å²) in [5.74, 6) is 1.69. The molecule has 4 bridgehead atoms. The first-order valence-corrected chi connectivity index (χ1v) is 10.6. The lowest BCUT2D eigenvalue weighted by molar-refractivity contribution is 0.519. The van der Waals surface area contributed by atoms with E-state index in [1.807, 2.05) is 0 Å². The molecule has 3 atom stereocenters. The Morgan fingerprint density at radius 1 is 0.786 bits per heavy atom. The normalized spacial score (nSPS) is 29.3. The van der Waals surface area contributed by atoms with Crippen molar-refractivity contribution in [3.05, 3.63) is 122 Å². The predicted octanol–water partition coefficient (Wildman–Crippen LogP) is 6.58. The fourth-order valence-corrected chi connectivity index (χ4v) is 7.13. The lowest BCUT2D eigenvalue weighted by Gasteiger charge is -2.40. The third kappa shape index (κ3) is 1.37. The average molecular weight is 356 g/mol. The van der Waals surface area contributed by atoms with Gasteiger partial charge in [-0.05, 0) is 87.1 Å². The van der Waals surface area contributed by atoms with E-state index >= 15 is 0 Å². The van der Waals surface area contributed by atoms with Gasteiger partial charge in [0.05, 0.1) is 0 Å². The summed E-state index contributed by atoms with van der Waals surface area (Å²) in [7, 11) is 0. The van der Waals surface area contributed by atoms with E-state index in [1.165, 1.54) is 29.6 Å². The lowest BCUT2D eigenvalue weighted by atomic mass is 9.63. The minimum Gasteiger partial charge on any atom is -0.0620 e. The molecule has 3 unspecified atom stereocenters. The highest BCUT2D eigenvalue weighted by Gasteiger charge is 2.47. The van der Waals surface area contributed by atoms with Crippen molar-refractivity contribution < 1.29 is 0 Å². The molecule has 0 nitrogen and oxygen atoms in total. The molecule has 0 radical (unpaired) electrons. The Morgan fingerprint density at radius 2 is 1.54 bits per heavy atom. The van der Waals surface area contributed by atoms with Gasteiger partial charge in [0.2, 0.25) is 0 Å². The van der Waals surface area contributed by atoms with E-state index in [4.69, 9.17) is 0 Å². The van der Waals surface area contributed by atoms with Crippen molar-refractivity contribution in [2.24, 2.45) is 5.92 Å². The van der Waals surface area contributed by atoms with Crippen LogP contribution in [0.1, 0.15) is 59.4 Å².